The van der Waals surface area contributed by atoms with E-state index in [2.05, 4.69) is 25.8 Å². The van der Waals surface area contributed by atoms with Crippen molar-refractivity contribution >= 4 is 60.8 Å². The fraction of sp³-hybridized carbons (Fsp3) is 0.0625. The van der Waals surface area contributed by atoms with Gasteiger partial charge in [-0.15, -0.1) is 0 Å². The Hall–Kier alpha value is -2.64. The highest BCUT2D eigenvalue weighted by Gasteiger charge is 2.13. The molecule has 0 spiro atoms. The van der Waals surface area contributed by atoms with E-state index in [1.807, 2.05) is 42.5 Å². The molecule has 0 aliphatic rings. The molecule has 0 saturated heterocycles. The summed E-state index contributed by atoms with van der Waals surface area (Å²) in [5.74, 6) is -0.160. The van der Waals surface area contributed by atoms with Gasteiger partial charge in [0.15, 0.2) is 5.13 Å². The van der Waals surface area contributed by atoms with E-state index in [1.54, 1.807) is 0 Å². The van der Waals surface area contributed by atoms with Gasteiger partial charge in [-0.25, -0.2) is 4.98 Å². The van der Waals surface area contributed by atoms with Gasteiger partial charge in [0.05, 0.1) is 27.7 Å². The Morgan fingerprint density at radius 2 is 1.96 bits per heavy atom. The lowest BCUT2D eigenvalue weighted by atomic mass is 10.2. The number of H-pyrrole nitrogens is 1. The number of aromatic amines is 1. The number of carbonyl (C=O) groups excluding carboxylic acids is 1. The number of amides is 1. The third-order valence-corrected chi connectivity index (χ3v) is 4.78. The standard InChI is InChI=1S/C16H12ClN5OS/c17-15-13-10(21-22-15)6-7-11-14(13)24-16(19-11)20-12(23)8-18-9-4-2-1-3-5-9/h1-7,18H,8H2,(H,21,22)(H,19,20,23). The number of thiazole rings is 1. The molecule has 8 heteroatoms. The van der Waals surface area contributed by atoms with E-state index < -0.39 is 0 Å². The Labute approximate surface area is 145 Å². The summed E-state index contributed by atoms with van der Waals surface area (Å²) in [5, 5.41) is 14.6. The van der Waals surface area contributed by atoms with Crippen LogP contribution in [-0.2, 0) is 4.79 Å². The van der Waals surface area contributed by atoms with Crippen LogP contribution < -0.4 is 10.6 Å². The molecule has 24 heavy (non-hydrogen) atoms. The van der Waals surface area contributed by atoms with Gasteiger partial charge in [-0.2, -0.15) is 5.10 Å². The first kappa shape index (κ1) is 14.9. The molecule has 0 saturated carbocycles. The van der Waals surface area contributed by atoms with Crippen molar-refractivity contribution in [3.63, 3.8) is 0 Å². The topological polar surface area (TPSA) is 82.7 Å². The molecule has 6 nitrogen and oxygen atoms in total. The van der Waals surface area contributed by atoms with Gasteiger partial charge >= 0.3 is 0 Å². The number of para-hydroxylation sites is 1. The van der Waals surface area contributed by atoms with E-state index in [1.165, 1.54) is 11.3 Å². The molecule has 2 aromatic carbocycles. The maximum absolute atomic E-state index is 12.1. The minimum absolute atomic E-state index is 0.160. The number of fused-ring (bicyclic) bond motifs is 3. The third kappa shape index (κ3) is 2.79. The Bertz CT molecular complexity index is 1030. The molecule has 0 bridgehead atoms. The SMILES string of the molecule is O=C(CNc1ccccc1)Nc1nc2ccc3n[nH]c(Cl)c3c2s1. The van der Waals surface area contributed by atoms with Crippen LogP contribution >= 0.6 is 22.9 Å². The number of halogens is 1. The quantitative estimate of drug-likeness (QED) is 0.517. The first-order chi connectivity index (χ1) is 11.7. The summed E-state index contributed by atoms with van der Waals surface area (Å²) in [4.78, 5) is 16.5. The molecule has 0 unspecified atom stereocenters. The normalized spacial score (nSPS) is 11.0. The number of anilines is 2. The molecule has 0 atom stereocenters. The summed E-state index contributed by atoms with van der Waals surface area (Å²) in [6.07, 6.45) is 0. The van der Waals surface area contributed by atoms with Crippen LogP contribution in [0.15, 0.2) is 42.5 Å². The molecule has 0 aliphatic heterocycles. The predicted octanol–water partition coefficient (Wildman–Crippen LogP) is 3.88. The van der Waals surface area contributed by atoms with E-state index in [0.29, 0.717) is 10.3 Å². The molecule has 0 aliphatic carbocycles. The Balaban J connectivity index is 1.53. The average molecular weight is 358 g/mol. The third-order valence-electron chi connectivity index (χ3n) is 3.50. The van der Waals surface area contributed by atoms with Crippen LogP contribution in [0.5, 0.6) is 0 Å². The Kier molecular flexibility index (Phi) is 3.79. The van der Waals surface area contributed by atoms with E-state index in [4.69, 9.17) is 11.6 Å². The maximum Gasteiger partial charge on any atom is 0.245 e. The molecule has 2 aromatic heterocycles. The van der Waals surface area contributed by atoms with Gasteiger partial charge in [0.25, 0.3) is 0 Å². The van der Waals surface area contributed by atoms with Gasteiger partial charge < -0.3 is 10.6 Å². The lowest BCUT2D eigenvalue weighted by Gasteiger charge is -2.05. The minimum atomic E-state index is -0.160. The number of hydrogen-bond acceptors (Lipinski definition) is 5. The van der Waals surface area contributed by atoms with Crippen molar-refractivity contribution in [2.24, 2.45) is 0 Å². The summed E-state index contributed by atoms with van der Waals surface area (Å²) in [6.45, 7) is 0.168. The monoisotopic (exact) mass is 357 g/mol. The maximum atomic E-state index is 12.1. The molecule has 0 radical (unpaired) electrons. The van der Waals surface area contributed by atoms with Gasteiger partial charge in [-0.3, -0.25) is 9.89 Å². The molecule has 4 rings (SSSR count). The van der Waals surface area contributed by atoms with Crippen LogP contribution in [0.4, 0.5) is 10.8 Å². The zero-order valence-electron chi connectivity index (χ0n) is 12.3. The van der Waals surface area contributed by atoms with Gasteiger partial charge in [0.2, 0.25) is 5.91 Å². The largest absolute Gasteiger partial charge is 0.376 e. The molecular weight excluding hydrogens is 346 g/mol. The second kappa shape index (κ2) is 6.10. The second-order valence-electron chi connectivity index (χ2n) is 5.13. The predicted molar refractivity (Wildman–Crippen MR) is 97.8 cm³/mol. The molecular formula is C16H12ClN5OS. The lowest BCUT2D eigenvalue weighted by Crippen LogP contribution is -2.21. The highest BCUT2D eigenvalue weighted by Crippen LogP contribution is 2.35. The van der Waals surface area contributed by atoms with Crippen LogP contribution in [0.3, 0.4) is 0 Å². The number of hydrogen-bond donors (Lipinski definition) is 3. The van der Waals surface area contributed by atoms with Crippen molar-refractivity contribution in [3.8, 4) is 0 Å². The smallest absolute Gasteiger partial charge is 0.245 e. The van der Waals surface area contributed by atoms with Crippen molar-refractivity contribution in [2.45, 2.75) is 0 Å². The summed E-state index contributed by atoms with van der Waals surface area (Å²) in [6, 6.07) is 13.3. The molecule has 4 aromatic rings. The second-order valence-corrected chi connectivity index (χ2v) is 6.51. The zero-order valence-corrected chi connectivity index (χ0v) is 13.9. The van der Waals surface area contributed by atoms with E-state index in [0.717, 1.165) is 26.8 Å². The molecule has 2 heterocycles. The first-order valence-corrected chi connectivity index (χ1v) is 8.42. The number of rotatable bonds is 4. The van der Waals surface area contributed by atoms with Crippen molar-refractivity contribution in [3.05, 3.63) is 47.6 Å². The minimum Gasteiger partial charge on any atom is -0.376 e. The average Bonchev–Trinajstić information content (AvgIpc) is 3.17. The number of aromatic nitrogens is 3. The summed E-state index contributed by atoms with van der Waals surface area (Å²) >= 11 is 7.53. The number of benzene rings is 2. The Morgan fingerprint density at radius 3 is 2.79 bits per heavy atom. The van der Waals surface area contributed by atoms with Crippen molar-refractivity contribution in [1.29, 1.82) is 0 Å². The lowest BCUT2D eigenvalue weighted by molar-refractivity contribution is -0.114. The van der Waals surface area contributed by atoms with E-state index in [9.17, 15) is 4.79 Å². The highest BCUT2D eigenvalue weighted by molar-refractivity contribution is 7.23. The first-order valence-electron chi connectivity index (χ1n) is 7.22. The van der Waals surface area contributed by atoms with Crippen LogP contribution in [0.25, 0.3) is 21.1 Å². The fourth-order valence-corrected chi connectivity index (χ4v) is 3.73. The molecule has 3 N–H and O–H groups in total. The van der Waals surface area contributed by atoms with Crippen LogP contribution in [0.1, 0.15) is 0 Å². The van der Waals surface area contributed by atoms with Crippen LogP contribution in [0.2, 0.25) is 5.15 Å². The number of nitrogens with one attached hydrogen (secondary N) is 3. The summed E-state index contributed by atoms with van der Waals surface area (Å²) in [5.41, 5.74) is 2.45. The summed E-state index contributed by atoms with van der Waals surface area (Å²) in [7, 11) is 0. The molecule has 0 fully saturated rings. The van der Waals surface area contributed by atoms with Crippen LogP contribution in [0, 0.1) is 0 Å². The summed E-state index contributed by atoms with van der Waals surface area (Å²) < 4.78 is 0.901. The van der Waals surface area contributed by atoms with Crippen molar-refractivity contribution in [2.75, 3.05) is 17.2 Å². The number of carbonyl (C=O) groups is 1. The number of nitrogens with zero attached hydrogens (tertiary/aromatic N) is 2. The fourth-order valence-electron chi connectivity index (χ4n) is 2.41. The molecule has 120 valence electrons. The highest BCUT2D eigenvalue weighted by atomic mass is 35.5. The van der Waals surface area contributed by atoms with Crippen molar-refractivity contribution in [1.82, 2.24) is 15.2 Å². The van der Waals surface area contributed by atoms with Crippen molar-refractivity contribution < 1.29 is 4.79 Å². The molecule has 1 amide bonds. The Morgan fingerprint density at radius 1 is 1.17 bits per heavy atom. The van der Waals surface area contributed by atoms with E-state index >= 15 is 0 Å². The van der Waals surface area contributed by atoms with Gasteiger partial charge in [0, 0.05) is 5.69 Å². The van der Waals surface area contributed by atoms with Gasteiger partial charge in [-0.05, 0) is 24.3 Å². The van der Waals surface area contributed by atoms with Gasteiger partial charge in [-0.1, -0.05) is 41.1 Å². The zero-order chi connectivity index (χ0) is 16.5. The van der Waals surface area contributed by atoms with Gasteiger partial charge in [0.1, 0.15) is 5.15 Å². The van der Waals surface area contributed by atoms with Crippen LogP contribution in [-0.4, -0.2) is 27.6 Å². The van der Waals surface area contributed by atoms with E-state index in [-0.39, 0.29) is 12.5 Å².